The van der Waals surface area contributed by atoms with E-state index >= 15 is 0 Å². The topological polar surface area (TPSA) is 153 Å². The van der Waals surface area contributed by atoms with Crippen LogP contribution in [0.3, 0.4) is 0 Å². The summed E-state index contributed by atoms with van der Waals surface area (Å²) in [5.74, 6) is 0.703. The summed E-state index contributed by atoms with van der Waals surface area (Å²) < 4.78 is 76.2. The number of nitrogens with two attached hydrogens (primary N) is 1. The summed E-state index contributed by atoms with van der Waals surface area (Å²) in [6, 6.07) is 11.5. The second-order valence-corrected chi connectivity index (χ2v) is 11.5. The first-order valence-electron chi connectivity index (χ1n) is 10.5. The highest BCUT2D eigenvalue weighted by Crippen LogP contribution is 2.26. The van der Waals surface area contributed by atoms with Crippen LogP contribution in [0.4, 0.5) is 10.4 Å². The Balaban J connectivity index is 0.000000261. The summed E-state index contributed by atoms with van der Waals surface area (Å²) in [7, 11) is -6.98. The SMILES string of the molecule is Cc1ccc(S(=O)(=O)O)cc1.NC/C(=C\F)COc1ccc2nc(N3CCS(=O)(=O)CC3)oc2c1. The number of hydrogen-bond donors (Lipinski definition) is 2. The van der Waals surface area contributed by atoms with Crippen LogP contribution in [-0.2, 0) is 20.0 Å². The van der Waals surface area contributed by atoms with E-state index in [0.29, 0.717) is 47.9 Å². The van der Waals surface area contributed by atoms with Gasteiger partial charge in [-0.2, -0.15) is 13.4 Å². The number of sulfone groups is 1. The number of rotatable bonds is 6. The van der Waals surface area contributed by atoms with Crippen molar-refractivity contribution in [1.82, 2.24) is 4.98 Å². The van der Waals surface area contributed by atoms with Crippen LogP contribution in [0.1, 0.15) is 5.56 Å². The number of fused-ring (bicyclic) bond motifs is 1. The van der Waals surface area contributed by atoms with Gasteiger partial charge >= 0.3 is 0 Å². The first-order valence-corrected chi connectivity index (χ1v) is 13.8. The Morgan fingerprint density at radius 1 is 1.23 bits per heavy atom. The van der Waals surface area contributed by atoms with Crippen LogP contribution >= 0.6 is 0 Å². The average molecular weight is 528 g/mol. The number of nitrogens with zero attached hydrogens (tertiary/aromatic N) is 2. The van der Waals surface area contributed by atoms with E-state index in [-0.39, 0.29) is 29.6 Å². The van der Waals surface area contributed by atoms with E-state index in [0.717, 1.165) is 5.56 Å². The summed E-state index contributed by atoms with van der Waals surface area (Å²) in [4.78, 5) is 6.11. The lowest BCUT2D eigenvalue weighted by molar-refractivity contribution is 0.347. The fraction of sp³-hybridized carbons (Fsp3) is 0.318. The molecule has 0 aliphatic carbocycles. The minimum Gasteiger partial charge on any atom is -0.489 e. The summed E-state index contributed by atoms with van der Waals surface area (Å²) in [6.07, 6.45) is 0.440. The third-order valence-electron chi connectivity index (χ3n) is 5.12. The van der Waals surface area contributed by atoms with Crippen LogP contribution in [0.15, 0.2) is 63.7 Å². The highest BCUT2D eigenvalue weighted by molar-refractivity contribution is 7.91. The van der Waals surface area contributed by atoms with Crippen molar-refractivity contribution in [1.29, 1.82) is 0 Å². The molecule has 13 heteroatoms. The molecule has 1 fully saturated rings. The van der Waals surface area contributed by atoms with E-state index in [1.54, 1.807) is 35.2 Å². The molecule has 10 nitrogen and oxygen atoms in total. The molecule has 1 aliphatic rings. The molecule has 0 atom stereocenters. The maximum Gasteiger partial charge on any atom is 0.298 e. The van der Waals surface area contributed by atoms with Gasteiger partial charge in [0.15, 0.2) is 15.4 Å². The highest BCUT2D eigenvalue weighted by Gasteiger charge is 2.24. The summed E-state index contributed by atoms with van der Waals surface area (Å²) in [5.41, 5.74) is 7.85. The molecule has 4 rings (SSSR count). The van der Waals surface area contributed by atoms with Gasteiger partial charge in [0.25, 0.3) is 16.1 Å². The maximum atomic E-state index is 12.5. The first kappa shape index (κ1) is 26.6. The number of ether oxygens (including phenoxy) is 1. The molecular weight excluding hydrogens is 501 g/mol. The number of hydrogen-bond acceptors (Lipinski definition) is 9. The normalized spacial score (nSPS) is 16.0. The Kier molecular flexibility index (Phi) is 8.48. The molecule has 1 aromatic heterocycles. The molecule has 3 N–H and O–H groups in total. The lowest BCUT2D eigenvalue weighted by Crippen LogP contribution is -2.40. The van der Waals surface area contributed by atoms with Crippen molar-refractivity contribution in [2.45, 2.75) is 11.8 Å². The summed E-state index contributed by atoms with van der Waals surface area (Å²) >= 11 is 0. The molecule has 0 saturated carbocycles. The van der Waals surface area contributed by atoms with Gasteiger partial charge in [0.05, 0.1) is 22.7 Å². The third-order valence-corrected chi connectivity index (χ3v) is 7.60. The van der Waals surface area contributed by atoms with Crippen molar-refractivity contribution >= 4 is 37.1 Å². The lowest BCUT2D eigenvalue weighted by Gasteiger charge is -2.24. The first-order chi connectivity index (χ1) is 16.5. The van der Waals surface area contributed by atoms with Crippen LogP contribution in [0.2, 0.25) is 0 Å². The van der Waals surface area contributed by atoms with E-state index in [4.69, 9.17) is 19.4 Å². The lowest BCUT2D eigenvalue weighted by atomic mass is 10.2. The summed E-state index contributed by atoms with van der Waals surface area (Å²) in [6.45, 7) is 2.71. The molecule has 0 bridgehead atoms. The fourth-order valence-electron chi connectivity index (χ4n) is 3.04. The standard InChI is InChI=1S/C15H18FN3O4S.C7H8O3S/c16-8-11(9-17)10-22-12-1-2-13-14(7-12)23-15(18-13)19-3-5-24(20,21)6-4-19;1-6-2-4-7(5-3-6)11(8,9)10/h1-2,7-8H,3-6,9-10,17H2;2-5H,1H3,(H,8,9,10)/b11-8+;. The van der Waals surface area contributed by atoms with Gasteiger partial charge in [-0.05, 0) is 31.2 Å². The predicted molar refractivity (Wildman–Crippen MR) is 130 cm³/mol. The monoisotopic (exact) mass is 527 g/mol. The van der Waals surface area contributed by atoms with Crippen molar-refractivity contribution in [3.8, 4) is 5.75 Å². The smallest absolute Gasteiger partial charge is 0.298 e. The van der Waals surface area contributed by atoms with Crippen LogP contribution in [0, 0.1) is 6.92 Å². The zero-order valence-electron chi connectivity index (χ0n) is 18.9. The van der Waals surface area contributed by atoms with Crippen molar-refractivity contribution in [3.63, 3.8) is 0 Å². The average Bonchev–Trinajstić information content (AvgIpc) is 3.23. The number of oxazole rings is 1. The van der Waals surface area contributed by atoms with Gasteiger partial charge in [-0.25, -0.2) is 12.8 Å². The highest BCUT2D eigenvalue weighted by atomic mass is 32.2. The van der Waals surface area contributed by atoms with Gasteiger partial charge in [-0.1, -0.05) is 17.7 Å². The van der Waals surface area contributed by atoms with E-state index in [1.807, 2.05) is 6.92 Å². The van der Waals surface area contributed by atoms with Crippen LogP contribution in [-0.4, -0.2) is 64.1 Å². The second-order valence-electron chi connectivity index (χ2n) is 7.81. The molecule has 1 saturated heterocycles. The molecule has 0 radical (unpaired) electrons. The molecule has 0 spiro atoms. The van der Waals surface area contributed by atoms with Gasteiger partial charge in [0.1, 0.15) is 17.9 Å². The second kappa shape index (κ2) is 11.2. The quantitative estimate of drug-likeness (QED) is 0.457. The molecular formula is C22H26FN3O7S2. The van der Waals surface area contributed by atoms with Crippen LogP contribution in [0.25, 0.3) is 11.1 Å². The zero-order valence-corrected chi connectivity index (χ0v) is 20.6. The van der Waals surface area contributed by atoms with Crippen LogP contribution < -0.4 is 15.4 Å². The Bertz CT molecular complexity index is 1390. The Labute approximate surface area is 202 Å². The van der Waals surface area contributed by atoms with E-state index in [2.05, 4.69) is 4.98 Å². The zero-order chi connectivity index (χ0) is 25.6. The molecule has 2 aromatic carbocycles. The number of benzene rings is 2. The fourth-order valence-corrected chi connectivity index (χ4v) is 4.72. The minimum absolute atomic E-state index is 0.0590. The number of aryl methyl sites for hydroxylation is 1. The predicted octanol–water partition coefficient (Wildman–Crippen LogP) is 2.50. The van der Waals surface area contributed by atoms with Crippen molar-refractivity contribution < 1.29 is 34.9 Å². The Morgan fingerprint density at radius 3 is 2.46 bits per heavy atom. The third kappa shape index (κ3) is 7.49. The number of halogens is 1. The number of aromatic nitrogens is 1. The maximum absolute atomic E-state index is 12.5. The molecule has 190 valence electrons. The van der Waals surface area contributed by atoms with Gasteiger partial charge < -0.3 is 19.8 Å². The van der Waals surface area contributed by atoms with Gasteiger partial charge in [0.2, 0.25) is 0 Å². The van der Waals surface area contributed by atoms with Gasteiger partial charge in [0, 0.05) is 31.3 Å². The summed E-state index contributed by atoms with van der Waals surface area (Å²) in [5, 5.41) is 0. The van der Waals surface area contributed by atoms with Crippen LogP contribution in [0.5, 0.6) is 5.75 Å². The molecule has 3 aromatic rings. The molecule has 35 heavy (non-hydrogen) atoms. The van der Waals surface area contributed by atoms with E-state index < -0.39 is 20.0 Å². The van der Waals surface area contributed by atoms with Gasteiger partial charge in [-0.3, -0.25) is 4.55 Å². The van der Waals surface area contributed by atoms with E-state index in [1.165, 1.54) is 12.1 Å². The largest absolute Gasteiger partial charge is 0.489 e. The molecule has 1 aliphatic heterocycles. The number of anilines is 1. The van der Waals surface area contributed by atoms with Crippen molar-refractivity contribution in [2.24, 2.45) is 5.73 Å². The van der Waals surface area contributed by atoms with Gasteiger partial charge in [-0.15, -0.1) is 0 Å². The Morgan fingerprint density at radius 2 is 1.89 bits per heavy atom. The van der Waals surface area contributed by atoms with Crippen molar-refractivity contribution in [2.75, 3.05) is 42.6 Å². The van der Waals surface area contributed by atoms with Crippen molar-refractivity contribution in [3.05, 3.63) is 59.9 Å². The van der Waals surface area contributed by atoms with E-state index in [9.17, 15) is 21.2 Å². The molecule has 0 amide bonds. The molecule has 2 heterocycles. The molecule has 0 unspecified atom stereocenters. The Hall–Kier alpha value is -3.00. The minimum atomic E-state index is -4.02.